The first-order chi connectivity index (χ1) is 15.9. The Morgan fingerprint density at radius 2 is 1.42 bits per heavy atom. The van der Waals surface area contributed by atoms with Crippen LogP contribution in [0.25, 0.3) is 0 Å². The van der Waals surface area contributed by atoms with E-state index in [1.165, 1.54) is 0 Å². The van der Waals surface area contributed by atoms with Gasteiger partial charge in [-0.15, -0.1) is 0 Å². The van der Waals surface area contributed by atoms with Crippen molar-refractivity contribution in [2.75, 3.05) is 43.4 Å². The molecule has 7 heteroatoms. The standard InChI is InChI=1S/C26H34N4O3/c1-4-29(5-2)25(32)20-8-12-23(13-9-20)28-24(31)18-27-22-10-6-21(7-11-22)26(33)30-16-14-19(3)15-17-30/h6-13,19,27H,4-5,14-18H2,1-3H3,(H,28,31). The highest BCUT2D eigenvalue weighted by molar-refractivity contribution is 5.97. The molecule has 1 fully saturated rings. The minimum Gasteiger partial charge on any atom is -0.376 e. The molecule has 0 unspecified atom stereocenters. The first-order valence-electron chi connectivity index (χ1n) is 11.7. The van der Waals surface area contributed by atoms with Gasteiger partial charge in [-0.2, -0.15) is 0 Å². The molecule has 0 radical (unpaired) electrons. The van der Waals surface area contributed by atoms with Crippen molar-refractivity contribution in [3.8, 4) is 0 Å². The number of rotatable bonds is 8. The predicted molar refractivity (Wildman–Crippen MR) is 132 cm³/mol. The molecule has 0 bridgehead atoms. The number of hydrogen-bond donors (Lipinski definition) is 2. The summed E-state index contributed by atoms with van der Waals surface area (Å²) < 4.78 is 0. The molecular weight excluding hydrogens is 416 g/mol. The van der Waals surface area contributed by atoms with E-state index in [4.69, 9.17) is 0 Å². The zero-order valence-corrected chi connectivity index (χ0v) is 19.8. The molecule has 33 heavy (non-hydrogen) atoms. The van der Waals surface area contributed by atoms with Crippen LogP contribution in [0.1, 0.15) is 54.3 Å². The second-order valence-corrected chi connectivity index (χ2v) is 8.51. The molecule has 176 valence electrons. The molecule has 0 aliphatic carbocycles. The third kappa shape index (κ3) is 6.57. The maximum absolute atomic E-state index is 12.6. The lowest BCUT2D eigenvalue weighted by Crippen LogP contribution is -2.37. The Labute approximate surface area is 196 Å². The molecule has 1 heterocycles. The molecule has 3 rings (SSSR count). The van der Waals surface area contributed by atoms with Gasteiger partial charge in [-0.05, 0) is 81.1 Å². The zero-order chi connectivity index (χ0) is 23.8. The monoisotopic (exact) mass is 450 g/mol. The van der Waals surface area contributed by atoms with E-state index in [1.807, 2.05) is 30.9 Å². The SMILES string of the molecule is CCN(CC)C(=O)c1ccc(NC(=O)CNc2ccc(C(=O)N3CCC(C)CC3)cc2)cc1. The second kappa shape index (κ2) is 11.5. The maximum atomic E-state index is 12.6. The number of amides is 3. The number of anilines is 2. The molecule has 1 saturated heterocycles. The topological polar surface area (TPSA) is 81.8 Å². The van der Waals surface area contributed by atoms with Crippen LogP contribution < -0.4 is 10.6 Å². The molecule has 7 nitrogen and oxygen atoms in total. The van der Waals surface area contributed by atoms with Gasteiger partial charge in [-0.3, -0.25) is 14.4 Å². The number of likely N-dealkylation sites (tertiary alicyclic amines) is 1. The van der Waals surface area contributed by atoms with Crippen LogP contribution in [0, 0.1) is 5.92 Å². The fraction of sp³-hybridized carbons (Fsp3) is 0.423. The number of hydrogen-bond acceptors (Lipinski definition) is 4. The minimum absolute atomic E-state index is 0.0173. The lowest BCUT2D eigenvalue weighted by atomic mass is 9.98. The van der Waals surface area contributed by atoms with Crippen molar-refractivity contribution in [2.45, 2.75) is 33.6 Å². The van der Waals surface area contributed by atoms with Gasteiger partial charge >= 0.3 is 0 Å². The van der Waals surface area contributed by atoms with Crippen LogP contribution in [0.5, 0.6) is 0 Å². The van der Waals surface area contributed by atoms with E-state index >= 15 is 0 Å². The summed E-state index contributed by atoms with van der Waals surface area (Å²) in [6.45, 7) is 9.15. The first kappa shape index (κ1) is 24.3. The molecule has 1 aliphatic heterocycles. The van der Waals surface area contributed by atoms with Crippen LogP contribution in [0.15, 0.2) is 48.5 Å². The molecule has 2 aromatic rings. The van der Waals surface area contributed by atoms with E-state index in [0.717, 1.165) is 31.6 Å². The molecule has 1 aliphatic rings. The number of piperidine rings is 1. The average molecular weight is 451 g/mol. The molecule has 0 saturated carbocycles. The van der Waals surface area contributed by atoms with Gasteiger partial charge in [0.25, 0.3) is 11.8 Å². The molecule has 2 aromatic carbocycles. The van der Waals surface area contributed by atoms with E-state index < -0.39 is 0 Å². The van der Waals surface area contributed by atoms with Gasteiger partial charge in [0.2, 0.25) is 5.91 Å². The van der Waals surface area contributed by atoms with E-state index in [9.17, 15) is 14.4 Å². The quantitative estimate of drug-likeness (QED) is 0.635. The Balaban J connectivity index is 1.47. The lowest BCUT2D eigenvalue weighted by Gasteiger charge is -2.30. The van der Waals surface area contributed by atoms with Crippen molar-refractivity contribution in [3.63, 3.8) is 0 Å². The van der Waals surface area contributed by atoms with Gasteiger partial charge < -0.3 is 20.4 Å². The highest BCUT2D eigenvalue weighted by Crippen LogP contribution is 2.19. The Morgan fingerprint density at radius 3 is 2.00 bits per heavy atom. The third-order valence-corrected chi connectivity index (χ3v) is 6.12. The molecule has 0 spiro atoms. The summed E-state index contributed by atoms with van der Waals surface area (Å²) in [5.74, 6) is 0.533. The molecular formula is C26H34N4O3. The Hall–Kier alpha value is -3.35. The third-order valence-electron chi connectivity index (χ3n) is 6.12. The van der Waals surface area contributed by atoms with Crippen LogP contribution in [-0.2, 0) is 4.79 Å². The van der Waals surface area contributed by atoms with Crippen molar-refractivity contribution in [3.05, 3.63) is 59.7 Å². The van der Waals surface area contributed by atoms with E-state index in [-0.39, 0.29) is 24.3 Å². The summed E-state index contributed by atoms with van der Waals surface area (Å²) in [6.07, 6.45) is 2.10. The summed E-state index contributed by atoms with van der Waals surface area (Å²) in [4.78, 5) is 41.0. The van der Waals surface area contributed by atoms with Crippen LogP contribution in [0.2, 0.25) is 0 Å². The average Bonchev–Trinajstić information content (AvgIpc) is 2.84. The van der Waals surface area contributed by atoms with Crippen molar-refractivity contribution < 1.29 is 14.4 Å². The van der Waals surface area contributed by atoms with Crippen molar-refractivity contribution >= 4 is 29.1 Å². The minimum atomic E-state index is -0.194. The Morgan fingerprint density at radius 1 is 0.879 bits per heavy atom. The summed E-state index contributed by atoms with van der Waals surface area (Å²) in [6, 6.07) is 14.2. The van der Waals surface area contributed by atoms with Gasteiger partial charge in [-0.25, -0.2) is 0 Å². The van der Waals surface area contributed by atoms with Gasteiger partial charge in [0, 0.05) is 48.7 Å². The van der Waals surface area contributed by atoms with Crippen molar-refractivity contribution in [2.24, 2.45) is 5.92 Å². The highest BCUT2D eigenvalue weighted by atomic mass is 16.2. The van der Waals surface area contributed by atoms with Crippen LogP contribution >= 0.6 is 0 Å². The smallest absolute Gasteiger partial charge is 0.253 e. The normalized spacial score (nSPS) is 14.0. The van der Waals surface area contributed by atoms with Crippen molar-refractivity contribution in [1.82, 2.24) is 9.80 Å². The molecule has 0 aromatic heterocycles. The number of nitrogens with one attached hydrogen (secondary N) is 2. The van der Waals surface area contributed by atoms with Gasteiger partial charge in [0.05, 0.1) is 6.54 Å². The first-order valence-corrected chi connectivity index (χ1v) is 11.7. The van der Waals surface area contributed by atoms with Gasteiger partial charge in [0.1, 0.15) is 0 Å². The zero-order valence-electron chi connectivity index (χ0n) is 19.8. The Kier molecular flexibility index (Phi) is 8.46. The highest BCUT2D eigenvalue weighted by Gasteiger charge is 2.21. The lowest BCUT2D eigenvalue weighted by molar-refractivity contribution is -0.114. The number of carbonyl (C=O) groups excluding carboxylic acids is 3. The molecule has 2 N–H and O–H groups in total. The van der Waals surface area contributed by atoms with E-state index in [1.54, 1.807) is 41.3 Å². The number of benzene rings is 2. The predicted octanol–water partition coefficient (Wildman–Crippen LogP) is 4.09. The fourth-order valence-electron chi connectivity index (χ4n) is 3.90. The second-order valence-electron chi connectivity index (χ2n) is 8.51. The van der Waals surface area contributed by atoms with Gasteiger partial charge in [-0.1, -0.05) is 6.92 Å². The number of carbonyl (C=O) groups is 3. The summed E-state index contributed by atoms with van der Waals surface area (Å²) in [5.41, 5.74) is 2.67. The summed E-state index contributed by atoms with van der Waals surface area (Å²) in [7, 11) is 0. The van der Waals surface area contributed by atoms with Crippen LogP contribution in [-0.4, -0.2) is 60.2 Å². The molecule has 0 atom stereocenters. The largest absolute Gasteiger partial charge is 0.376 e. The maximum Gasteiger partial charge on any atom is 0.253 e. The van der Waals surface area contributed by atoms with Crippen LogP contribution in [0.4, 0.5) is 11.4 Å². The van der Waals surface area contributed by atoms with Crippen molar-refractivity contribution in [1.29, 1.82) is 0 Å². The summed E-state index contributed by atoms with van der Waals surface area (Å²) in [5, 5.41) is 5.90. The van der Waals surface area contributed by atoms with E-state index in [0.29, 0.717) is 35.8 Å². The number of nitrogens with zero attached hydrogens (tertiary/aromatic N) is 2. The summed E-state index contributed by atoms with van der Waals surface area (Å²) >= 11 is 0. The van der Waals surface area contributed by atoms with Crippen LogP contribution in [0.3, 0.4) is 0 Å². The van der Waals surface area contributed by atoms with Gasteiger partial charge in [0.15, 0.2) is 0 Å². The molecule has 3 amide bonds. The fourth-order valence-corrected chi connectivity index (χ4v) is 3.90. The Bertz CT molecular complexity index is 945. The van der Waals surface area contributed by atoms with E-state index in [2.05, 4.69) is 17.6 Å².